The van der Waals surface area contributed by atoms with Crippen LogP contribution in [-0.4, -0.2) is 5.78 Å². The summed E-state index contributed by atoms with van der Waals surface area (Å²) in [4.78, 5) is 10.8. The first-order valence-electron chi connectivity index (χ1n) is 5.15. The van der Waals surface area contributed by atoms with Gasteiger partial charge in [-0.15, -0.1) is 0 Å². The Kier molecular flexibility index (Phi) is 3.87. The Hall–Kier alpha value is -1.11. The van der Waals surface area contributed by atoms with E-state index in [2.05, 4.69) is 32.0 Å². The number of carbonyl (C=O) groups excluding carboxylic acids is 1. The Morgan fingerprint density at radius 3 is 2.64 bits per heavy atom. The van der Waals surface area contributed by atoms with Gasteiger partial charge in [0.2, 0.25) is 0 Å². The molecule has 0 aromatic heterocycles. The largest absolute Gasteiger partial charge is 0.300 e. The lowest BCUT2D eigenvalue weighted by Crippen LogP contribution is -1.95. The molecule has 0 aliphatic rings. The fourth-order valence-electron chi connectivity index (χ4n) is 1.60. The third-order valence-electron chi connectivity index (χ3n) is 2.48. The monoisotopic (exact) mass is 190 g/mol. The Balaban J connectivity index is 2.57. The van der Waals surface area contributed by atoms with Gasteiger partial charge in [0.05, 0.1) is 0 Å². The van der Waals surface area contributed by atoms with E-state index in [1.165, 1.54) is 16.7 Å². The van der Waals surface area contributed by atoms with E-state index in [1.54, 1.807) is 6.92 Å². The van der Waals surface area contributed by atoms with Crippen LogP contribution in [0.3, 0.4) is 0 Å². The van der Waals surface area contributed by atoms with E-state index in [4.69, 9.17) is 0 Å². The normalized spacial score (nSPS) is 10.2. The number of aryl methyl sites for hydroxylation is 3. The first kappa shape index (κ1) is 11.0. The van der Waals surface area contributed by atoms with E-state index in [1.807, 2.05) is 0 Å². The van der Waals surface area contributed by atoms with Crippen molar-refractivity contribution in [1.82, 2.24) is 0 Å². The molecule has 0 aliphatic heterocycles. The molecule has 76 valence electrons. The van der Waals surface area contributed by atoms with E-state index in [9.17, 15) is 4.79 Å². The summed E-state index contributed by atoms with van der Waals surface area (Å²) in [6.07, 6.45) is 2.69. The van der Waals surface area contributed by atoms with Gasteiger partial charge in [0, 0.05) is 6.42 Å². The molecule has 0 atom stereocenters. The van der Waals surface area contributed by atoms with Crippen molar-refractivity contribution in [2.24, 2.45) is 0 Å². The molecule has 1 aromatic rings. The number of Topliss-reactive ketones (excluding diaryl/α,β-unsaturated/α-hetero) is 1. The smallest absolute Gasteiger partial charge is 0.129 e. The van der Waals surface area contributed by atoms with Crippen LogP contribution >= 0.6 is 0 Å². The van der Waals surface area contributed by atoms with Crippen molar-refractivity contribution in [2.75, 3.05) is 0 Å². The molecule has 0 N–H and O–H groups in total. The molecule has 1 heteroatoms. The molecule has 0 spiro atoms. The van der Waals surface area contributed by atoms with Crippen molar-refractivity contribution >= 4 is 5.78 Å². The lowest BCUT2D eigenvalue weighted by atomic mass is 10.00. The maximum absolute atomic E-state index is 10.8. The molecule has 1 aromatic carbocycles. The van der Waals surface area contributed by atoms with Crippen LogP contribution < -0.4 is 0 Å². The fourth-order valence-corrected chi connectivity index (χ4v) is 1.60. The first-order chi connectivity index (χ1) is 6.59. The van der Waals surface area contributed by atoms with Gasteiger partial charge in [-0.1, -0.05) is 23.8 Å². The maximum Gasteiger partial charge on any atom is 0.129 e. The second kappa shape index (κ2) is 4.94. The second-order valence-corrected chi connectivity index (χ2v) is 3.99. The number of rotatable bonds is 4. The van der Waals surface area contributed by atoms with E-state index in [0.29, 0.717) is 6.42 Å². The maximum atomic E-state index is 10.8. The predicted octanol–water partition coefficient (Wildman–Crippen LogP) is 3.22. The highest BCUT2D eigenvalue weighted by Gasteiger charge is 2.00. The third-order valence-corrected chi connectivity index (χ3v) is 2.48. The highest BCUT2D eigenvalue weighted by molar-refractivity contribution is 5.75. The second-order valence-electron chi connectivity index (χ2n) is 3.99. The van der Waals surface area contributed by atoms with Crippen LogP contribution in [0.4, 0.5) is 0 Å². The van der Waals surface area contributed by atoms with Gasteiger partial charge in [0.15, 0.2) is 0 Å². The predicted molar refractivity (Wildman–Crippen MR) is 59.5 cm³/mol. The minimum absolute atomic E-state index is 0.287. The lowest BCUT2D eigenvalue weighted by molar-refractivity contribution is -0.117. The molecule has 0 aliphatic carbocycles. The van der Waals surface area contributed by atoms with Crippen LogP contribution in [-0.2, 0) is 11.2 Å². The van der Waals surface area contributed by atoms with E-state index >= 15 is 0 Å². The number of hydrogen-bond donors (Lipinski definition) is 0. The minimum atomic E-state index is 0.287. The zero-order chi connectivity index (χ0) is 10.6. The summed E-state index contributed by atoms with van der Waals surface area (Å²) in [5, 5.41) is 0. The Bertz CT molecular complexity index is 326. The van der Waals surface area contributed by atoms with Crippen LogP contribution in [0.25, 0.3) is 0 Å². The summed E-state index contributed by atoms with van der Waals surface area (Å²) in [7, 11) is 0. The first-order valence-corrected chi connectivity index (χ1v) is 5.15. The molecular formula is C13H18O. The summed E-state index contributed by atoms with van der Waals surface area (Å²) in [5.41, 5.74) is 4.01. The SMILES string of the molecule is CC(=O)CCCc1cc(C)ccc1C. The molecule has 0 unspecified atom stereocenters. The number of ketones is 1. The van der Waals surface area contributed by atoms with Crippen molar-refractivity contribution < 1.29 is 4.79 Å². The van der Waals surface area contributed by atoms with Crippen LogP contribution in [0, 0.1) is 13.8 Å². The Morgan fingerprint density at radius 2 is 2.00 bits per heavy atom. The van der Waals surface area contributed by atoms with E-state index < -0.39 is 0 Å². The molecule has 0 amide bonds. The van der Waals surface area contributed by atoms with Crippen molar-refractivity contribution in [3.63, 3.8) is 0 Å². The molecule has 0 radical (unpaired) electrons. The Labute approximate surface area is 86.1 Å². The van der Waals surface area contributed by atoms with Crippen LogP contribution in [0.15, 0.2) is 18.2 Å². The molecule has 1 nitrogen and oxygen atoms in total. The van der Waals surface area contributed by atoms with Gasteiger partial charge in [-0.05, 0) is 44.7 Å². The van der Waals surface area contributed by atoms with Crippen LogP contribution in [0.2, 0.25) is 0 Å². The van der Waals surface area contributed by atoms with Gasteiger partial charge >= 0.3 is 0 Å². The molecule has 0 saturated heterocycles. The van der Waals surface area contributed by atoms with Crippen molar-refractivity contribution in [3.05, 3.63) is 34.9 Å². The van der Waals surface area contributed by atoms with Gasteiger partial charge in [-0.25, -0.2) is 0 Å². The van der Waals surface area contributed by atoms with E-state index in [-0.39, 0.29) is 5.78 Å². The zero-order valence-corrected chi connectivity index (χ0v) is 9.26. The van der Waals surface area contributed by atoms with E-state index in [0.717, 1.165) is 12.8 Å². The highest BCUT2D eigenvalue weighted by Crippen LogP contribution is 2.13. The minimum Gasteiger partial charge on any atom is -0.300 e. The van der Waals surface area contributed by atoms with Gasteiger partial charge < -0.3 is 4.79 Å². The van der Waals surface area contributed by atoms with Gasteiger partial charge in [-0.2, -0.15) is 0 Å². The number of hydrogen-bond acceptors (Lipinski definition) is 1. The van der Waals surface area contributed by atoms with Gasteiger partial charge in [0.1, 0.15) is 5.78 Å². The van der Waals surface area contributed by atoms with Crippen LogP contribution in [0.1, 0.15) is 36.5 Å². The topological polar surface area (TPSA) is 17.1 Å². The zero-order valence-electron chi connectivity index (χ0n) is 9.26. The molecule has 0 bridgehead atoms. The summed E-state index contributed by atoms with van der Waals surface area (Å²) >= 11 is 0. The molecule has 14 heavy (non-hydrogen) atoms. The quantitative estimate of drug-likeness (QED) is 0.712. The molecule has 1 rings (SSSR count). The van der Waals surface area contributed by atoms with Gasteiger partial charge in [0.25, 0.3) is 0 Å². The van der Waals surface area contributed by atoms with Gasteiger partial charge in [-0.3, -0.25) is 0 Å². The number of carbonyl (C=O) groups is 1. The molecular weight excluding hydrogens is 172 g/mol. The van der Waals surface area contributed by atoms with Crippen molar-refractivity contribution in [2.45, 2.75) is 40.0 Å². The standard InChI is InChI=1S/C13H18O/c1-10-7-8-11(2)13(9-10)6-4-5-12(3)14/h7-9H,4-6H2,1-3H3. The van der Waals surface area contributed by atoms with Crippen molar-refractivity contribution in [1.29, 1.82) is 0 Å². The number of benzene rings is 1. The summed E-state index contributed by atoms with van der Waals surface area (Å²) < 4.78 is 0. The Morgan fingerprint density at radius 1 is 1.29 bits per heavy atom. The molecule has 0 saturated carbocycles. The summed E-state index contributed by atoms with van der Waals surface area (Å²) in [6, 6.07) is 6.50. The average molecular weight is 190 g/mol. The lowest BCUT2D eigenvalue weighted by Gasteiger charge is -2.05. The average Bonchev–Trinajstić information content (AvgIpc) is 2.10. The summed E-state index contributed by atoms with van der Waals surface area (Å²) in [5.74, 6) is 0.287. The third kappa shape index (κ3) is 3.33. The summed E-state index contributed by atoms with van der Waals surface area (Å²) in [6.45, 7) is 5.89. The molecule has 0 heterocycles. The van der Waals surface area contributed by atoms with Crippen molar-refractivity contribution in [3.8, 4) is 0 Å². The fraction of sp³-hybridized carbons (Fsp3) is 0.462. The molecule has 0 fully saturated rings. The van der Waals surface area contributed by atoms with Crippen LogP contribution in [0.5, 0.6) is 0 Å². The highest BCUT2D eigenvalue weighted by atomic mass is 16.1.